The van der Waals surface area contributed by atoms with Crippen LogP contribution in [-0.2, 0) is 6.54 Å². The fraction of sp³-hybridized carbons (Fsp3) is 0.348. The summed E-state index contributed by atoms with van der Waals surface area (Å²) in [5.41, 5.74) is 2.72. The third-order valence-electron chi connectivity index (χ3n) is 4.87. The van der Waals surface area contributed by atoms with Crippen molar-refractivity contribution < 1.29 is 9.53 Å². The number of nitrogens with one attached hydrogen (secondary N) is 1. The second-order valence-electron chi connectivity index (χ2n) is 7.82. The average Bonchev–Trinajstić information content (AvgIpc) is 3.45. The van der Waals surface area contributed by atoms with Crippen LogP contribution in [0.5, 0.6) is 5.75 Å². The van der Waals surface area contributed by atoms with E-state index in [9.17, 15) is 4.79 Å². The number of carbonyl (C=O) groups excluding carboxylic acids is 1. The van der Waals surface area contributed by atoms with Gasteiger partial charge in [-0.1, -0.05) is 37.6 Å². The molecule has 2 aromatic heterocycles. The highest BCUT2D eigenvalue weighted by Gasteiger charge is 2.23. The van der Waals surface area contributed by atoms with Gasteiger partial charge in [-0.2, -0.15) is 0 Å². The Labute approximate surface area is 185 Å². The molecule has 0 bridgehead atoms. The fourth-order valence-electron chi connectivity index (χ4n) is 2.93. The molecule has 0 saturated heterocycles. The smallest absolute Gasteiger partial charge is 0.270 e. The number of thiazole rings is 1. The molecule has 0 radical (unpaired) electrons. The molecular weight excluding hydrogens is 418 g/mol. The molecule has 1 saturated carbocycles. The first-order valence-electron chi connectivity index (χ1n) is 10.1. The van der Waals surface area contributed by atoms with Gasteiger partial charge in [0.25, 0.3) is 5.91 Å². The third kappa shape index (κ3) is 5.18. The van der Waals surface area contributed by atoms with Crippen molar-refractivity contribution in [1.82, 2.24) is 15.3 Å². The molecule has 1 aliphatic rings. The molecule has 7 heteroatoms. The Morgan fingerprint density at radius 1 is 1.20 bits per heavy atom. The SMILES string of the molecule is CC(C)c1nc(CNC(=O)c2ccc(OCC3CC3)c(-c3ccc(Cl)cc3)n2)cs1. The summed E-state index contributed by atoms with van der Waals surface area (Å²) in [4.78, 5) is 21.9. The van der Waals surface area contributed by atoms with Crippen molar-refractivity contribution in [2.45, 2.75) is 39.2 Å². The van der Waals surface area contributed by atoms with Crippen molar-refractivity contribution in [3.8, 4) is 17.0 Å². The molecule has 156 valence electrons. The van der Waals surface area contributed by atoms with Crippen LogP contribution in [0.2, 0.25) is 5.02 Å². The lowest BCUT2D eigenvalue weighted by molar-refractivity contribution is 0.0945. The van der Waals surface area contributed by atoms with Gasteiger partial charge in [-0.15, -0.1) is 11.3 Å². The number of benzene rings is 1. The maximum atomic E-state index is 12.7. The minimum absolute atomic E-state index is 0.238. The first kappa shape index (κ1) is 20.8. The summed E-state index contributed by atoms with van der Waals surface area (Å²) in [6.07, 6.45) is 2.42. The zero-order valence-electron chi connectivity index (χ0n) is 17.0. The highest BCUT2D eigenvalue weighted by atomic mass is 35.5. The maximum absolute atomic E-state index is 12.7. The van der Waals surface area contributed by atoms with Crippen LogP contribution in [0, 0.1) is 5.92 Å². The second-order valence-corrected chi connectivity index (χ2v) is 9.15. The number of carbonyl (C=O) groups is 1. The van der Waals surface area contributed by atoms with E-state index in [-0.39, 0.29) is 5.91 Å². The number of ether oxygens (including phenoxy) is 1. The summed E-state index contributed by atoms with van der Waals surface area (Å²) in [5, 5.41) is 6.62. The molecule has 4 rings (SSSR count). The highest BCUT2D eigenvalue weighted by Crippen LogP contribution is 2.33. The van der Waals surface area contributed by atoms with Crippen molar-refractivity contribution in [3.05, 3.63) is 63.2 Å². The Hall–Kier alpha value is -2.44. The number of amides is 1. The van der Waals surface area contributed by atoms with E-state index in [2.05, 4.69) is 29.1 Å². The van der Waals surface area contributed by atoms with Crippen LogP contribution in [-0.4, -0.2) is 22.5 Å². The van der Waals surface area contributed by atoms with Crippen LogP contribution in [0.4, 0.5) is 0 Å². The zero-order chi connectivity index (χ0) is 21.1. The van der Waals surface area contributed by atoms with Gasteiger partial charge in [0.2, 0.25) is 0 Å². The first-order valence-corrected chi connectivity index (χ1v) is 11.4. The van der Waals surface area contributed by atoms with Crippen molar-refractivity contribution in [2.75, 3.05) is 6.61 Å². The molecule has 0 spiro atoms. The Bertz CT molecular complexity index is 1030. The highest BCUT2D eigenvalue weighted by molar-refractivity contribution is 7.09. The van der Waals surface area contributed by atoms with Gasteiger partial charge in [0.15, 0.2) is 0 Å². The van der Waals surface area contributed by atoms with Crippen LogP contribution >= 0.6 is 22.9 Å². The molecule has 5 nitrogen and oxygen atoms in total. The molecule has 1 N–H and O–H groups in total. The first-order chi connectivity index (χ1) is 14.5. The molecule has 0 atom stereocenters. The van der Waals surface area contributed by atoms with Crippen LogP contribution in [0.3, 0.4) is 0 Å². The summed E-state index contributed by atoms with van der Waals surface area (Å²) >= 11 is 7.65. The lowest BCUT2D eigenvalue weighted by atomic mass is 10.1. The summed E-state index contributed by atoms with van der Waals surface area (Å²) < 4.78 is 6.00. The van der Waals surface area contributed by atoms with Gasteiger partial charge in [0.05, 0.1) is 23.9 Å². The number of nitrogens with zero attached hydrogens (tertiary/aromatic N) is 2. The Balaban J connectivity index is 1.52. The standard InChI is InChI=1S/C23H24ClN3O2S/c1-14(2)23-26-18(13-30-23)11-25-22(28)19-9-10-20(29-12-15-3-4-15)21(27-19)16-5-7-17(24)8-6-16/h5-10,13-15H,3-4,11-12H2,1-2H3,(H,25,28). The van der Waals surface area contributed by atoms with E-state index in [1.54, 1.807) is 17.4 Å². The Morgan fingerprint density at radius 3 is 2.63 bits per heavy atom. The van der Waals surface area contributed by atoms with Crippen molar-refractivity contribution in [1.29, 1.82) is 0 Å². The van der Waals surface area contributed by atoms with Gasteiger partial charge < -0.3 is 10.1 Å². The monoisotopic (exact) mass is 441 g/mol. The summed E-state index contributed by atoms with van der Waals surface area (Å²) in [7, 11) is 0. The Kier molecular flexibility index (Phi) is 6.35. The molecule has 3 aromatic rings. The third-order valence-corrected chi connectivity index (χ3v) is 6.32. The molecule has 2 heterocycles. The van der Waals surface area contributed by atoms with Crippen LogP contribution < -0.4 is 10.1 Å². The summed E-state index contributed by atoms with van der Waals surface area (Å²) in [6, 6.07) is 10.9. The van der Waals surface area contributed by atoms with E-state index in [0.717, 1.165) is 16.3 Å². The van der Waals surface area contributed by atoms with Crippen LogP contribution in [0.25, 0.3) is 11.3 Å². The lowest BCUT2D eigenvalue weighted by Gasteiger charge is -2.12. The van der Waals surface area contributed by atoms with Crippen molar-refractivity contribution in [2.24, 2.45) is 5.92 Å². The van der Waals surface area contributed by atoms with E-state index in [0.29, 0.717) is 47.1 Å². The maximum Gasteiger partial charge on any atom is 0.270 e. The summed E-state index contributed by atoms with van der Waals surface area (Å²) in [6.45, 7) is 5.27. The molecule has 1 amide bonds. The molecular formula is C23H24ClN3O2S. The van der Waals surface area contributed by atoms with E-state index >= 15 is 0 Å². The van der Waals surface area contributed by atoms with E-state index in [1.165, 1.54) is 12.8 Å². The number of pyridine rings is 1. The van der Waals surface area contributed by atoms with Crippen LogP contribution in [0.15, 0.2) is 41.8 Å². The summed E-state index contributed by atoms with van der Waals surface area (Å²) in [5.74, 6) is 1.45. The normalized spacial score (nSPS) is 13.5. The molecule has 0 aliphatic heterocycles. The van der Waals surface area contributed by atoms with Gasteiger partial charge >= 0.3 is 0 Å². The zero-order valence-corrected chi connectivity index (χ0v) is 18.6. The molecule has 1 aromatic carbocycles. The number of hydrogen-bond donors (Lipinski definition) is 1. The number of aromatic nitrogens is 2. The van der Waals surface area contributed by atoms with Gasteiger partial charge in [0, 0.05) is 21.9 Å². The lowest BCUT2D eigenvalue weighted by Crippen LogP contribution is -2.24. The fourth-order valence-corrected chi connectivity index (χ4v) is 3.89. The molecule has 30 heavy (non-hydrogen) atoms. The molecule has 1 fully saturated rings. The molecule has 1 aliphatic carbocycles. The second kappa shape index (κ2) is 9.14. The van der Waals surface area contributed by atoms with E-state index in [4.69, 9.17) is 16.3 Å². The minimum atomic E-state index is -0.238. The van der Waals surface area contributed by atoms with Gasteiger partial charge in [-0.3, -0.25) is 4.79 Å². The quantitative estimate of drug-likeness (QED) is 0.487. The molecule has 0 unspecified atom stereocenters. The van der Waals surface area contributed by atoms with Crippen molar-refractivity contribution in [3.63, 3.8) is 0 Å². The number of halogens is 1. The van der Waals surface area contributed by atoms with Gasteiger partial charge in [-0.05, 0) is 43.0 Å². The van der Waals surface area contributed by atoms with Crippen LogP contribution in [0.1, 0.15) is 53.8 Å². The number of rotatable bonds is 8. The van der Waals surface area contributed by atoms with Crippen molar-refractivity contribution >= 4 is 28.8 Å². The largest absolute Gasteiger partial charge is 0.491 e. The Morgan fingerprint density at radius 2 is 1.97 bits per heavy atom. The predicted molar refractivity (Wildman–Crippen MR) is 120 cm³/mol. The predicted octanol–water partition coefficient (Wildman–Crippen LogP) is 5.70. The van der Waals surface area contributed by atoms with E-state index in [1.807, 2.05) is 35.7 Å². The topological polar surface area (TPSA) is 64.1 Å². The van der Waals surface area contributed by atoms with Gasteiger partial charge in [-0.25, -0.2) is 9.97 Å². The van der Waals surface area contributed by atoms with Gasteiger partial charge in [0.1, 0.15) is 17.1 Å². The number of hydrogen-bond acceptors (Lipinski definition) is 5. The van der Waals surface area contributed by atoms with E-state index < -0.39 is 0 Å². The average molecular weight is 442 g/mol. The minimum Gasteiger partial charge on any atom is -0.491 e.